The zero-order valence-electron chi connectivity index (χ0n) is 21.6. The summed E-state index contributed by atoms with van der Waals surface area (Å²) in [4.78, 5) is 49.9. The minimum atomic E-state index is -1.32. The first-order chi connectivity index (χ1) is 16.5. The molecule has 0 aromatic rings. The van der Waals surface area contributed by atoms with Gasteiger partial charge in [0.1, 0.15) is 6.29 Å². The molecule has 2 N–H and O–H groups in total. The summed E-state index contributed by atoms with van der Waals surface area (Å²) in [7, 11) is 1.52. The van der Waals surface area contributed by atoms with E-state index in [4.69, 9.17) is 4.74 Å². The molecule has 0 aromatic carbocycles. The Bertz CT molecular complexity index is 814. The van der Waals surface area contributed by atoms with Crippen molar-refractivity contribution in [2.45, 2.75) is 84.2 Å². The zero-order valence-corrected chi connectivity index (χ0v) is 21.6. The number of aliphatic hydroxyl groups excluding tert-OH is 2. The van der Waals surface area contributed by atoms with Gasteiger partial charge in [0.05, 0.1) is 24.4 Å². The third kappa shape index (κ3) is 9.99. The number of rotatable bonds is 14. The summed E-state index contributed by atoms with van der Waals surface area (Å²) in [5.74, 6) is -3.99. The van der Waals surface area contributed by atoms with E-state index in [0.717, 1.165) is 16.9 Å². The van der Waals surface area contributed by atoms with Gasteiger partial charge in [-0.05, 0) is 37.7 Å². The Balaban J connectivity index is 2.68. The highest BCUT2D eigenvalue weighted by Crippen LogP contribution is 2.20. The van der Waals surface area contributed by atoms with Crippen LogP contribution in [0.5, 0.6) is 0 Å². The molecule has 5 unspecified atom stereocenters. The number of amides is 1. The number of methoxy groups -OCH3 is 1. The van der Waals surface area contributed by atoms with Crippen molar-refractivity contribution >= 4 is 23.8 Å². The van der Waals surface area contributed by atoms with E-state index in [-0.39, 0.29) is 19.4 Å². The molecule has 1 aliphatic rings. The van der Waals surface area contributed by atoms with Crippen molar-refractivity contribution in [2.75, 3.05) is 13.7 Å². The Morgan fingerprint density at radius 1 is 1.06 bits per heavy atom. The molecule has 5 atom stereocenters. The molecule has 1 fully saturated rings. The number of nitrogens with zero attached hydrogens (tertiary/aromatic N) is 1. The lowest BCUT2D eigenvalue weighted by molar-refractivity contribution is -0.154. The summed E-state index contributed by atoms with van der Waals surface area (Å²) in [5.41, 5.74) is 0.881. The topological polar surface area (TPSA) is 121 Å². The maximum absolute atomic E-state index is 12.6. The molecule has 0 aliphatic carbocycles. The monoisotopic (exact) mass is 491 g/mol. The maximum atomic E-state index is 12.6. The Hall–Kier alpha value is -2.42. The van der Waals surface area contributed by atoms with Gasteiger partial charge in [-0.3, -0.25) is 14.4 Å². The van der Waals surface area contributed by atoms with E-state index < -0.39 is 47.7 Å². The highest BCUT2D eigenvalue weighted by molar-refractivity contribution is 6.63. The van der Waals surface area contributed by atoms with Crippen molar-refractivity contribution < 1.29 is 34.1 Å². The number of carbonyl (C=O) groups is 4. The van der Waals surface area contributed by atoms with Crippen molar-refractivity contribution in [3.05, 3.63) is 36.0 Å². The second-order valence-electron chi connectivity index (χ2n) is 9.52. The molecular weight excluding hydrogens is 450 g/mol. The number of piperidine rings is 1. The minimum Gasteiger partial charge on any atom is -0.393 e. The number of Topliss-reactive ketones (excluding diaryl/α,β-unsaturated/α-hetero) is 2. The molecule has 0 spiro atoms. The SMILES string of the molecule is COC(CC(O)CC(O)C(C)C(=O)C(=O)C(=O)N1CCCCC1C=O)/C(C)=C/C=C/C=C/C(C)C. The number of carbonyl (C=O) groups excluding carboxylic acids is 4. The molecule has 8 heteroatoms. The van der Waals surface area contributed by atoms with Gasteiger partial charge in [0.2, 0.25) is 5.78 Å². The van der Waals surface area contributed by atoms with Crippen LogP contribution in [-0.2, 0) is 23.9 Å². The van der Waals surface area contributed by atoms with Crippen LogP contribution in [0.1, 0.15) is 59.8 Å². The van der Waals surface area contributed by atoms with E-state index in [1.165, 1.54) is 14.0 Å². The molecule has 0 saturated carbocycles. The van der Waals surface area contributed by atoms with Gasteiger partial charge in [0, 0.05) is 32.4 Å². The Kier molecular flexibility index (Phi) is 13.6. The van der Waals surface area contributed by atoms with Gasteiger partial charge in [-0.2, -0.15) is 0 Å². The molecule has 1 amide bonds. The molecule has 0 aromatic heterocycles. The predicted octanol–water partition coefficient (Wildman–Crippen LogP) is 2.57. The van der Waals surface area contributed by atoms with Crippen LogP contribution in [0.2, 0.25) is 0 Å². The molecule has 1 rings (SSSR count). The third-order valence-corrected chi connectivity index (χ3v) is 6.25. The Labute approximate surface area is 208 Å². The van der Waals surface area contributed by atoms with Gasteiger partial charge in [-0.1, -0.05) is 51.2 Å². The van der Waals surface area contributed by atoms with Crippen LogP contribution in [0.4, 0.5) is 0 Å². The number of ketones is 2. The van der Waals surface area contributed by atoms with E-state index in [0.29, 0.717) is 25.0 Å². The number of likely N-dealkylation sites (tertiary alicyclic amines) is 1. The highest BCUT2D eigenvalue weighted by Gasteiger charge is 2.37. The number of allylic oxidation sites excluding steroid dienone is 5. The number of hydrogen-bond acceptors (Lipinski definition) is 7. The van der Waals surface area contributed by atoms with Gasteiger partial charge < -0.3 is 24.6 Å². The van der Waals surface area contributed by atoms with E-state index in [2.05, 4.69) is 19.9 Å². The van der Waals surface area contributed by atoms with Crippen LogP contribution < -0.4 is 0 Å². The largest absolute Gasteiger partial charge is 0.393 e. The highest BCUT2D eigenvalue weighted by atomic mass is 16.5. The number of ether oxygens (including phenoxy) is 1. The van der Waals surface area contributed by atoms with E-state index in [1.54, 1.807) is 0 Å². The van der Waals surface area contributed by atoms with Crippen molar-refractivity contribution in [3.63, 3.8) is 0 Å². The van der Waals surface area contributed by atoms with E-state index >= 15 is 0 Å². The molecular formula is C27H41NO7. The van der Waals surface area contributed by atoms with Crippen molar-refractivity contribution in [1.29, 1.82) is 0 Å². The van der Waals surface area contributed by atoms with E-state index in [1.807, 2.05) is 31.2 Å². The van der Waals surface area contributed by atoms with Gasteiger partial charge in [0.15, 0.2) is 0 Å². The number of hydrogen-bond donors (Lipinski definition) is 2. The van der Waals surface area contributed by atoms with Crippen LogP contribution in [0.25, 0.3) is 0 Å². The van der Waals surface area contributed by atoms with Crippen molar-refractivity contribution in [3.8, 4) is 0 Å². The van der Waals surface area contributed by atoms with E-state index in [9.17, 15) is 29.4 Å². The first kappa shape index (κ1) is 30.6. The van der Waals surface area contributed by atoms with Gasteiger partial charge >= 0.3 is 0 Å². The minimum absolute atomic E-state index is 0.158. The average molecular weight is 492 g/mol. The van der Waals surface area contributed by atoms with Gasteiger partial charge in [0.25, 0.3) is 11.7 Å². The Morgan fingerprint density at radius 2 is 1.74 bits per heavy atom. The molecule has 35 heavy (non-hydrogen) atoms. The summed E-state index contributed by atoms with van der Waals surface area (Å²) in [5, 5.41) is 21.0. The Morgan fingerprint density at radius 3 is 2.34 bits per heavy atom. The quantitative estimate of drug-likeness (QED) is 0.166. The lowest BCUT2D eigenvalue weighted by Crippen LogP contribution is -2.50. The zero-order chi connectivity index (χ0) is 26.5. The predicted molar refractivity (Wildman–Crippen MR) is 134 cm³/mol. The van der Waals surface area contributed by atoms with Gasteiger partial charge in [-0.15, -0.1) is 0 Å². The standard InChI is InChI=1S/C27H41NO7/c1-18(2)11-7-6-8-12-19(3)24(35-5)16-22(30)15-23(31)20(4)25(32)26(33)27(34)28-14-10-9-13-21(28)17-29/h6-8,11-12,17-18,20-24,30-31H,9-10,13-16H2,1-5H3/b8-6+,11-7+,19-12+. The molecule has 0 bridgehead atoms. The van der Waals surface area contributed by atoms with Crippen molar-refractivity contribution in [2.24, 2.45) is 11.8 Å². The first-order valence-electron chi connectivity index (χ1n) is 12.3. The number of aldehydes is 1. The normalized spacial score (nSPS) is 20.7. The van der Waals surface area contributed by atoms with Crippen LogP contribution in [-0.4, -0.2) is 76.9 Å². The average Bonchev–Trinajstić information content (AvgIpc) is 2.84. The fourth-order valence-electron chi connectivity index (χ4n) is 3.93. The fraction of sp³-hybridized carbons (Fsp3) is 0.630. The summed E-state index contributed by atoms with van der Waals surface area (Å²) >= 11 is 0. The lowest BCUT2D eigenvalue weighted by Gasteiger charge is -2.31. The molecule has 0 radical (unpaired) electrons. The summed E-state index contributed by atoms with van der Waals surface area (Å²) < 4.78 is 5.46. The molecule has 1 saturated heterocycles. The lowest BCUT2D eigenvalue weighted by atomic mass is 9.90. The molecule has 196 valence electrons. The van der Waals surface area contributed by atoms with Crippen LogP contribution >= 0.6 is 0 Å². The summed E-state index contributed by atoms with van der Waals surface area (Å²) in [6.45, 7) is 7.64. The second kappa shape index (κ2) is 15.5. The van der Waals surface area contributed by atoms with Crippen LogP contribution in [0, 0.1) is 11.8 Å². The van der Waals surface area contributed by atoms with Crippen LogP contribution in [0.15, 0.2) is 36.0 Å². The third-order valence-electron chi connectivity index (χ3n) is 6.25. The van der Waals surface area contributed by atoms with Crippen LogP contribution in [0.3, 0.4) is 0 Å². The van der Waals surface area contributed by atoms with Crippen molar-refractivity contribution in [1.82, 2.24) is 4.90 Å². The first-order valence-corrected chi connectivity index (χ1v) is 12.3. The molecule has 1 heterocycles. The fourth-order valence-corrected chi connectivity index (χ4v) is 3.93. The second-order valence-corrected chi connectivity index (χ2v) is 9.52. The smallest absolute Gasteiger partial charge is 0.298 e. The number of aliphatic hydroxyl groups is 2. The molecule has 1 aliphatic heterocycles. The summed E-state index contributed by atoms with van der Waals surface area (Å²) in [6.07, 6.45) is 9.50. The summed E-state index contributed by atoms with van der Waals surface area (Å²) in [6, 6.07) is -0.710. The van der Waals surface area contributed by atoms with Gasteiger partial charge in [-0.25, -0.2) is 0 Å². The molecule has 8 nitrogen and oxygen atoms in total. The maximum Gasteiger partial charge on any atom is 0.298 e.